The molecule has 0 aliphatic heterocycles. The second-order valence-electron chi connectivity index (χ2n) is 3.67. The van der Waals surface area contributed by atoms with Crippen LogP contribution in [0.15, 0.2) is 27.9 Å². The van der Waals surface area contributed by atoms with Gasteiger partial charge in [0.2, 0.25) is 0 Å². The molecule has 0 atom stereocenters. The molecule has 20 heavy (non-hydrogen) atoms. The van der Waals surface area contributed by atoms with Crippen LogP contribution in [0.2, 0.25) is 0 Å². The summed E-state index contributed by atoms with van der Waals surface area (Å²) in [5, 5.41) is 4.04. The zero-order valence-corrected chi connectivity index (χ0v) is 12.2. The topological polar surface area (TPSA) is 97.2 Å². The fourth-order valence-electron chi connectivity index (χ4n) is 1.81. The Morgan fingerprint density at radius 2 is 2.20 bits per heavy atom. The van der Waals surface area contributed by atoms with E-state index < -0.39 is 5.97 Å². The van der Waals surface area contributed by atoms with Crippen molar-refractivity contribution in [3.63, 3.8) is 0 Å². The Hall–Kier alpha value is -2.31. The Balaban J connectivity index is 2.96. The number of fused-ring (bicyclic) bond motifs is 1. The minimum atomic E-state index is -0.635. The largest absolute Gasteiger partial charge is 0.496 e. The quantitative estimate of drug-likeness (QED) is 0.369. The second kappa shape index (κ2) is 5.77. The number of hydrogen-bond acceptors (Lipinski definition) is 5. The molecular weight excluding hydrogens is 328 g/mol. The molecule has 0 fully saturated rings. The molecule has 0 N–H and O–H groups in total. The highest BCUT2D eigenvalue weighted by molar-refractivity contribution is 9.10. The molecule has 0 saturated carbocycles. The van der Waals surface area contributed by atoms with E-state index in [1.807, 2.05) is 0 Å². The molecule has 0 bridgehead atoms. The molecule has 1 aromatic heterocycles. The zero-order valence-electron chi connectivity index (χ0n) is 10.6. The van der Waals surface area contributed by atoms with Crippen LogP contribution in [-0.2, 0) is 4.74 Å². The SMILES string of the molecule is COC(=O)c1cnc2c(Br)ccc(OC)c2c1N=[N+]=[N-]. The van der Waals surface area contributed by atoms with Crippen LogP contribution in [0.4, 0.5) is 5.69 Å². The van der Waals surface area contributed by atoms with Crippen molar-refractivity contribution in [2.75, 3.05) is 14.2 Å². The van der Waals surface area contributed by atoms with Gasteiger partial charge in [0.25, 0.3) is 0 Å². The minimum absolute atomic E-state index is 0.0780. The fraction of sp³-hybridized carbons (Fsp3) is 0.167. The van der Waals surface area contributed by atoms with Crippen LogP contribution in [0.25, 0.3) is 21.3 Å². The molecule has 0 spiro atoms. The van der Waals surface area contributed by atoms with Crippen molar-refractivity contribution in [2.45, 2.75) is 0 Å². The van der Waals surface area contributed by atoms with Crippen molar-refractivity contribution >= 4 is 38.5 Å². The summed E-state index contributed by atoms with van der Waals surface area (Å²) in [7, 11) is 2.72. The van der Waals surface area contributed by atoms with E-state index in [0.717, 1.165) is 0 Å². The van der Waals surface area contributed by atoms with Crippen molar-refractivity contribution in [1.82, 2.24) is 4.98 Å². The summed E-state index contributed by atoms with van der Waals surface area (Å²) in [6.07, 6.45) is 1.31. The van der Waals surface area contributed by atoms with Gasteiger partial charge in [0.05, 0.1) is 36.4 Å². The van der Waals surface area contributed by atoms with Crippen LogP contribution in [0.3, 0.4) is 0 Å². The van der Waals surface area contributed by atoms with E-state index in [2.05, 4.69) is 35.7 Å². The van der Waals surface area contributed by atoms with Crippen LogP contribution >= 0.6 is 15.9 Å². The average molecular weight is 337 g/mol. The van der Waals surface area contributed by atoms with E-state index >= 15 is 0 Å². The molecule has 0 aliphatic carbocycles. The van der Waals surface area contributed by atoms with Crippen molar-refractivity contribution in [2.24, 2.45) is 5.11 Å². The normalized spacial score (nSPS) is 9.95. The molecule has 0 aliphatic rings. The number of methoxy groups -OCH3 is 2. The number of ether oxygens (including phenoxy) is 2. The van der Waals surface area contributed by atoms with Crippen molar-refractivity contribution in [3.8, 4) is 5.75 Å². The van der Waals surface area contributed by atoms with Gasteiger partial charge >= 0.3 is 5.97 Å². The van der Waals surface area contributed by atoms with E-state index in [1.54, 1.807) is 12.1 Å². The van der Waals surface area contributed by atoms with Crippen LogP contribution in [0.5, 0.6) is 5.75 Å². The number of hydrogen-bond donors (Lipinski definition) is 0. The van der Waals surface area contributed by atoms with Gasteiger partial charge in [-0.3, -0.25) is 4.98 Å². The average Bonchev–Trinajstić information content (AvgIpc) is 2.47. The lowest BCUT2D eigenvalue weighted by molar-refractivity contribution is 0.0601. The van der Waals surface area contributed by atoms with Gasteiger partial charge in [-0.2, -0.15) is 0 Å². The molecule has 0 saturated heterocycles. The Bertz CT molecular complexity index is 741. The molecule has 0 radical (unpaired) electrons. The number of benzene rings is 1. The lowest BCUT2D eigenvalue weighted by Gasteiger charge is -2.11. The van der Waals surface area contributed by atoms with Crippen molar-refractivity contribution in [3.05, 3.63) is 38.8 Å². The smallest absolute Gasteiger partial charge is 0.339 e. The van der Waals surface area contributed by atoms with E-state index in [0.29, 0.717) is 21.1 Å². The number of rotatable bonds is 3. The lowest BCUT2D eigenvalue weighted by atomic mass is 10.1. The van der Waals surface area contributed by atoms with Crippen LogP contribution in [-0.4, -0.2) is 25.2 Å². The number of pyridine rings is 1. The first kappa shape index (κ1) is 14.1. The van der Waals surface area contributed by atoms with E-state index in [4.69, 9.17) is 10.3 Å². The highest BCUT2D eigenvalue weighted by Gasteiger charge is 2.19. The number of esters is 1. The number of halogens is 1. The highest BCUT2D eigenvalue weighted by Crippen LogP contribution is 2.39. The lowest BCUT2D eigenvalue weighted by Crippen LogP contribution is -2.03. The molecule has 1 aromatic carbocycles. The van der Waals surface area contributed by atoms with Crippen LogP contribution in [0.1, 0.15) is 10.4 Å². The van der Waals surface area contributed by atoms with E-state index in [9.17, 15) is 4.79 Å². The molecular formula is C12H9BrN4O3. The molecule has 1 heterocycles. The van der Waals surface area contributed by atoms with Gasteiger partial charge in [-0.15, -0.1) is 0 Å². The van der Waals surface area contributed by atoms with Gasteiger partial charge < -0.3 is 9.47 Å². The Morgan fingerprint density at radius 3 is 2.80 bits per heavy atom. The number of aromatic nitrogens is 1. The van der Waals surface area contributed by atoms with Gasteiger partial charge in [-0.05, 0) is 33.6 Å². The third kappa shape index (κ3) is 2.26. The van der Waals surface area contributed by atoms with E-state index in [1.165, 1.54) is 20.4 Å². The summed E-state index contributed by atoms with van der Waals surface area (Å²) in [5.74, 6) is -0.187. The third-order valence-electron chi connectivity index (χ3n) is 2.68. The molecule has 8 heteroatoms. The van der Waals surface area contributed by atoms with Crippen LogP contribution < -0.4 is 4.74 Å². The van der Waals surface area contributed by atoms with Crippen molar-refractivity contribution < 1.29 is 14.3 Å². The maximum absolute atomic E-state index is 11.7. The summed E-state index contributed by atoms with van der Waals surface area (Å²) >= 11 is 3.36. The predicted octanol–water partition coefficient (Wildman–Crippen LogP) is 3.73. The van der Waals surface area contributed by atoms with Crippen LogP contribution in [0, 0.1) is 0 Å². The number of nitrogens with zero attached hydrogens (tertiary/aromatic N) is 4. The maximum Gasteiger partial charge on any atom is 0.339 e. The molecule has 102 valence electrons. The number of carbonyl (C=O) groups excluding carboxylic acids is 1. The molecule has 7 nitrogen and oxygen atoms in total. The molecule has 0 unspecified atom stereocenters. The summed E-state index contributed by atoms with van der Waals surface area (Å²) < 4.78 is 10.6. The van der Waals surface area contributed by atoms with E-state index in [-0.39, 0.29) is 11.3 Å². The second-order valence-corrected chi connectivity index (χ2v) is 4.53. The monoisotopic (exact) mass is 336 g/mol. The highest BCUT2D eigenvalue weighted by atomic mass is 79.9. The molecule has 2 rings (SSSR count). The predicted molar refractivity (Wildman–Crippen MR) is 76.1 cm³/mol. The third-order valence-corrected chi connectivity index (χ3v) is 3.31. The summed E-state index contributed by atoms with van der Waals surface area (Å²) in [6.45, 7) is 0. The van der Waals surface area contributed by atoms with Gasteiger partial charge in [-0.1, -0.05) is 5.11 Å². The van der Waals surface area contributed by atoms with Gasteiger partial charge in [0, 0.05) is 15.6 Å². The summed E-state index contributed by atoms with van der Waals surface area (Å²) in [6, 6.07) is 3.44. The maximum atomic E-state index is 11.7. The first-order valence-electron chi connectivity index (χ1n) is 5.42. The summed E-state index contributed by atoms with van der Waals surface area (Å²) in [5.41, 5.74) is 9.46. The Morgan fingerprint density at radius 1 is 1.45 bits per heavy atom. The minimum Gasteiger partial charge on any atom is -0.496 e. The summed E-state index contributed by atoms with van der Waals surface area (Å²) in [4.78, 5) is 18.7. The zero-order chi connectivity index (χ0) is 14.7. The Labute approximate surface area is 122 Å². The first-order chi connectivity index (χ1) is 9.63. The van der Waals surface area contributed by atoms with Gasteiger partial charge in [0.15, 0.2) is 0 Å². The van der Waals surface area contributed by atoms with Gasteiger partial charge in [0.1, 0.15) is 5.75 Å². The standard InChI is InChI=1S/C12H9BrN4O3/c1-19-8-4-3-7(13)11-9(8)10(16-17-14)6(5-15-11)12(18)20-2/h3-5H,1-2H3. The molecule has 0 amide bonds. The van der Waals surface area contributed by atoms with Crippen molar-refractivity contribution in [1.29, 1.82) is 0 Å². The number of azide groups is 1. The number of carbonyl (C=O) groups is 1. The molecule has 2 aromatic rings. The van der Waals surface area contributed by atoms with Gasteiger partial charge in [-0.25, -0.2) is 4.79 Å². The fourth-order valence-corrected chi connectivity index (χ4v) is 2.24. The first-order valence-corrected chi connectivity index (χ1v) is 6.22. The Kier molecular flexibility index (Phi) is 4.07.